The van der Waals surface area contributed by atoms with Gasteiger partial charge in [0.25, 0.3) is 0 Å². The maximum atomic E-state index is 8.96. The lowest BCUT2D eigenvalue weighted by Gasteiger charge is -2.19. The zero-order valence-electron chi connectivity index (χ0n) is 13.0. The third kappa shape index (κ3) is 3.79. The van der Waals surface area contributed by atoms with E-state index in [9.17, 15) is 0 Å². The largest absolute Gasteiger partial charge is 0.340 e. The standard InChI is InChI=1S/C17H20N4/c1-12(2)16-8-13(3)19-17(20-16)21(4)11-15-7-5-6-14(9-15)10-18/h5-9,12H,11H2,1-4H3. The quantitative estimate of drug-likeness (QED) is 0.861. The van der Waals surface area contributed by atoms with Crippen LogP contribution in [0.15, 0.2) is 30.3 Å². The van der Waals surface area contributed by atoms with Crippen molar-refractivity contribution in [2.45, 2.75) is 33.2 Å². The first-order chi connectivity index (χ1) is 9.99. The highest BCUT2D eigenvalue weighted by atomic mass is 15.2. The summed E-state index contributed by atoms with van der Waals surface area (Å²) in [7, 11) is 1.97. The van der Waals surface area contributed by atoms with Crippen LogP contribution in [0, 0.1) is 18.3 Å². The van der Waals surface area contributed by atoms with E-state index in [0.29, 0.717) is 18.0 Å². The fraction of sp³-hybridized carbons (Fsp3) is 0.353. The summed E-state index contributed by atoms with van der Waals surface area (Å²) in [5.74, 6) is 1.10. The minimum absolute atomic E-state index is 0.376. The lowest BCUT2D eigenvalue weighted by atomic mass is 10.1. The van der Waals surface area contributed by atoms with Crippen LogP contribution in [-0.4, -0.2) is 17.0 Å². The summed E-state index contributed by atoms with van der Waals surface area (Å²) in [6.45, 7) is 6.92. The van der Waals surface area contributed by atoms with Gasteiger partial charge in [-0.1, -0.05) is 26.0 Å². The van der Waals surface area contributed by atoms with Crippen molar-refractivity contribution in [3.8, 4) is 6.07 Å². The molecular formula is C17H20N4. The Bertz CT molecular complexity index is 671. The van der Waals surface area contributed by atoms with Crippen LogP contribution in [-0.2, 0) is 6.54 Å². The number of hydrogen-bond donors (Lipinski definition) is 0. The molecule has 1 aromatic heterocycles. The molecule has 0 fully saturated rings. The molecular weight excluding hydrogens is 260 g/mol. The lowest BCUT2D eigenvalue weighted by molar-refractivity contribution is 0.783. The molecule has 21 heavy (non-hydrogen) atoms. The Morgan fingerprint density at radius 3 is 2.67 bits per heavy atom. The maximum Gasteiger partial charge on any atom is 0.225 e. The minimum atomic E-state index is 0.376. The molecule has 1 heterocycles. The molecule has 0 radical (unpaired) electrons. The Morgan fingerprint density at radius 1 is 1.24 bits per heavy atom. The van der Waals surface area contributed by atoms with Crippen LogP contribution in [0.25, 0.3) is 0 Å². The van der Waals surface area contributed by atoms with Crippen molar-refractivity contribution in [2.24, 2.45) is 0 Å². The SMILES string of the molecule is Cc1cc(C(C)C)nc(N(C)Cc2cccc(C#N)c2)n1. The number of rotatable bonds is 4. The monoisotopic (exact) mass is 280 g/mol. The van der Waals surface area contributed by atoms with Gasteiger partial charge in [-0.05, 0) is 36.6 Å². The van der Waals surface area contributed by atoms with Gasteiger partial charge in [-0.15, -0.1) is 0 Å². The predicted molar refractivity (Wildman–Crippen MR) is 84.1 cm³/mol. The van der Waals surface area contributed by atoms with Gasteiger partial charge in [0.15, 0.2) is 0 Å². The molecule has 0 aliphatic rings. The second-order valence-corrected chi connectivity index (χ2v) is 5.56. The van der Waals surface area contributed by atoms with Crippen molar-refractivity contribution in [1.29, 1.82) is 5.26 Å². The van der Waals surface area contributed by atoms with Gasteiger partial charge < -0.3 is 4.90 Å². The number of aryl methyl sites for hydroxylation is 1. The van der Waals surface area contributed by atoms with Gasteiger partial charge >= 0.3 is 0 Å². The first kappa shape index (κ1) is 15.0. The maximum absolute atomic E-state index is 8.96. The van der Waals surface area contributed by atoms with E-state index < -0.39 is 0 Å². The molecule has 0 saturated heterocycles. The van der Waals surface area contributed by atoms with E-state index in [1.807, 2.05) is 49.2 Å². The summed E-state index contributed by atoms with van der Waals surface area (Å²) < 4.78 is 0. The van der Waals surface area contributed by atoms with Crippen LogP contribution in [0.5, 0.6) is 0 Å². The zero-order chi connectivity index (χ0) is 15.4. The molecule has 108 valence electrons. The van der Waals surface area contributed by atoms with Gasteiger partial charge in [0.1, 0.15) is 0 Å². The molecule has 1 aromatic carbocycles. The number of benzene rings is 1. The van der Waals surface area contributed by atoms with Crippen LogP contribution in [0.1, 0.15) is 42.3 Å². The van der Waals surface area contributed by atoms with Crippen molar-refractivity contribution < 1.29 is 0 Å². The topological polar surface area (TPSA) is 52.8 Å². The van der Waals surface area contributed by atoms with E-state index >= 15 is 0 Å². The third-order valence-corrected chi connectivity index (χ3v) is 3.27. The molecule has 0 aliphatic heterocycles. The summed E-state index contributed by atoms with van der Waals surface area (Å²) in [6.07, 6.45) is 0. The Hall–Kier alpha value is -2.41. The van der Waals surface area contributed by atoms with Crippen LogP contribution in [0.4, 0.5) is 5.95 Å². The molecule has 4 heteroatoms. The van der Waals surface area contributed by atoms with Crippen molar-refractivity contribution in [1.82, 2.24) is 9.97 Å². The van der Waals surface area contributed by atoms with Crippen molar-refractivity contribution in [2.75, 3.05) is 11.9 Å². The van der Waals surface area contributed by atoms with E-state index in [0.717, 1.165) is 22.9 Å². The van der Waals surface area contributed by atoms with E-state index in [1.54, 1.807) is 0 Å². The van der Waals surface area contributed by atoms with E-state index in [1.165, 1.54) is 0 Å². The summed E-state index contributed by atoms with van der Waals surface area (Å²) in [6, 6.07) is 11.8. The number of aromatic nitrogens is 2. The second-order valence-electron chi connectivity index (χ2n) is 5.56. The summed E-state index contributed by atoms with van der Waals surface area (Å²) in [4.78, 5) is 11.1. The molecule has 4 nitrogen and oxygen atoms in total. The first-order valence-corrected chi connectivity index (χ1v) is 7.05. The van der Waals surface area contributed by atoms with Crippen molar-refractivity contribution in [3.63, 3.8) is 0 Å². The highest BCUT2D eigenvalue weighted by Crippen LogP contribution is 2.17. The van der Waals surface area contributed by atoms with Gasteiger partial charge in [0, 0.05) is 25.0 Å². The molecule has 2 aromatic rings. The normalized spacial score (nSPS) is 10.5. The van der Waals surface area contributed by atoms with Gasteiger partial charge in [0.05, 0.1) is 11.6 Å². The van der Waals surface area contributed by atoms with Gasteiger partial charge in [-0.3, -0.25) is 0 Å². The molecule has 0 amide bonds. The minimum Gasteiger partial charge on any atom is -0.340 e. The Labute approximate surface area is 126 Å². The highest BCUT2D eigenvalue weighted by Gasteiger charge is 2.10. The first-order valence-electron chi connectivity index (χ1n) is 7.05. The predicted octanol–water partition coefficient (Wildman–Crippen LogP) is 3.42. The fourth-order valence-electron chi connectivity index (χ4n) is 2.13. The van der Waals surface area contributed by atoms with E-state index in [4.69, 9.17) is 5.26 Å². The molecule has 2 rings (SSSR count). The van der Waals surface area contributed by atoms with Gasteiger partial charge in [0.2, 0.25) is 5.95 Å². The van der Waals surface area contributed by atoms with Crippen LogP contribution < -0.4 is 4.90 Å². The van der Waals surface area contributed by atoms with Crippen LogP contribution in [0.2, 0.25) is 0 Å². The van der Waals surface area contributed by atoms with Crippen LogP contribution >= 0.6 is 0 Å². The van der Waals surface area contributed by atoms with E-state index in [2.05, 4.69) is 29.9 Å². The molecule has 0 N–H and O–H groups in total. The molecule has 0 unspecified atom stereocenters. The molecule has 0 saturated carbocycles. The van der Waals surface area contributed by atoms with Crippen molar-refractivity contribution in [3.05, 3.63) is 52.8 Å². The number of nitrogens with zero attached hydrogens (tertiary/aromatic N) is 4. The van der Waals surface area contributed by atoms with Crippen molar-refractivity contribution >= 4 is 5.95 Å². The third-order valence-electron chi connectivity index (χ3n) is 3.27. The average molecular weight is 280 g/mol. The van der Waals surface area contributed by atoms with E-state index in [-0.39, 0.29) is 0 Å². The summed E-state index contributed by atoms with van der Waals surface area (Å²) in [5.41, 5.74) is 3.78. The smallest absolute Gasteiger partial charge is 0.225 e. The van der Waals surface area contributed by atoms with Crippen LogP contribution in [0.3, 0.4) is 0 Å². The number of anilines is 1. The zero-order valence-corrected chi connectivity index (χ0v) is 13.0. The molecule has 0 spiro atoms. The number of hydrogen-bond acceptors (Lipinski definition) is 4. The molecule has 0 atom stereocenters. The summed E-state index contributed by atoms with van der Waals surface area (Å²) in [5, 5.41) is 8.96. The molecule has 0 aliphatic carbocycles. The Morgan fingerprint density at radius 2 is 2.00 bits per heavy atom. The highest BCUT2D eigenvalue weighted by molar-refractivity contribution is 5.37. The average Bonchev–Trinajstić information content (AvgIpc) is 2.46. The van der Waals surface area contributed by atoms with Gasteiger partial charge in [-0.25, -0.2) is 9.97 Å². The Kier molecular flexibility index (Phi) is 4.54. The second kappa shape index (κ2) is 6.36. The number of nitriles is 1. The molecule has 0 bridgehead atoms. The fourth-order valence-corrected chi connectivity index (χ4v) is 2.13. The lowest BCUT2D eigenvalue weighted by Crippen LogP contribution is -2.20. The Balaban J connectivity index is 2.23. The summed E-state index contributed by atoms with van der Waals surface area (Å²) >= 11 is 0. The van der Waals surface area contributed by atoms with Gasteiger partial charge in [-0.2, -0.15) is 5.26 Å².